The number of hydrogen-bond donors (Lipinski definition) is 1. The number of H-pyrrole nitrogens is 1. The number of nitrogens with zero attached hydrogens (tertiary/aromatic N) is 4. The number of rotatable bonds is 5. The first-order valence-corrected chi connectivity index (χ1v) is 10.3. The summed E-state index contributed by atoms with van der Waals surface area (Å²) in [6.45, 7) is 2.99. The highest BCUT2D eigenvalue weighted by Crippen LogP contribution is 2.28. The number of amides is 2. The molecule has 8 heteroatoms. The number of benzene rings is 1. The molecule has 4 rings (SSSR count). The molecule has 1 aromatic heterocycles. The maximum Gasteiger partial charge on any atom is 0.242 e. The monoisotopic (exact) mass is 399 g/mol. The third kappa shape index (κ3) is 4.01. The number of hydrogen-bond acceptors (Lipinski definition) is 4. The van der Waals surface area contributed by atoms with E-state index in [0.29, 0.717) is 30.1 Å². The minimum absolute atomic E-state index is 0.0571. The van der Waals surface area contributed by atoms with Gasteiger partial charge >= 0.3 is 0 Å². The van der Waals surface area contributed by atoms with Gasteiger partial charge in [-0.15, -0.1) is 0 Å². The van der Waals surface area contributed by atoms with Gasteiger partial charge in [0.1, 0.15) is 12.4 Å². The lowest BCUT2D eigenvalue weighted by atomic mass is 10.1. The van der Waals surface area contributed by atoms with E-state index < -0.39 is 0 Å². The zero-order chi connectivity index (χ0) is 19.5. The molecular weight excluding hydrogens is 374 g/mol. The van der Waals surface area contributed by atoms with Crippen LogP contribution in [0.3, 0.4) is 0 Å². The van der Waals surface area contributed by atoms with Crippen LogP contribution < -0.4 is 0 Å². The number of likely N-dealkylation sites (tertiary alicyclic amines) is 2. The average molecular weight is 400 g/mol. The summed E-state index contributed by atoms with van der Waals surface area (Å²) in [6, 6.07) is 9.96. The highest BCUT2D eigenvalue weighted by Gasteiger charge is 2.34. The fraction of sp³-hybridized carbons (Fsp3) is 0.500. The topological polar surface area (TPSA) is 74.2 Å². The predicted molar refractivity (Wildman–Crippen MR) is 107 cm³/mol. The van der Waals surface area contributed by atoms with Crippen LogP contribution >= 0.6 is 12.2 Å². The molecule has 148 valence electrons. The second-order valence-electron chi connectivity index (χ2n) is 7.58. The van der Waals surface area contributed by atoms with Crippen molar-refractivity contribution >= 4 is 24.0 Å². The molecule has 0 aliphatic carbocycles. The third-order valence-corrected chi connectivity index (χ3v) is 5.90. The van der Waals surface area contributed by atoms with Gasteiger partial charge in [-0.1, -0.05) is 30.3 Å². The lowest BCUT2D eigenvalue weighted by Crippen LogP contribution is -2.38. The molecule has 3 heterocycles. The van der Waals surface area contributed by atoms with Gasteiger partial charge in [-0.05, 0) is 37.0 Å². The van der Waals surface area contributed by atoms with Gasteiger partial charge in [-0.2, -0.15) is 5.10 Å². The number of piperidine rings is 1. The van der Waals surface area contributed by atoms with Crippen LogP contribution in [0.5, 0.6) is 0 Å². The summed E-state index contributed by atoms with van der Waals surface area (Å²) >= 11 is 5.37. The maximum atomic E-state index is 12.7. The normalized spacial score (nSPS) is 20.0. The van der Waals surface area contributed by atoms with Crippen LogP contribution in [0.4, 0.5) is 0 Å². The third-order valence-electron chi connectivity index (χ3n) is 5.59. The molecule has 1 N–H and O–H groups in total. The standard InChI is InChI=1S/C20H25N5O2S/c26-17-11-16(13-24(17)12-15-7-3-1-4-8-15)19-21-22-20(28)25(19)14-18(27)23-9-5-2-6-10-23/h1,3-4,7-8,16H,2,5-6,9-14H2,(H,22,28). The van der Waals surface area contributed by atoms with E-state index in [0.717, 1.165) is 31.5 Å². The molecule has 2 aromatic rings. The Morgan fingerprint density at radius 3 is 2.68 bits per heavy atom. The van der Waals surface area contributed by atoms with E-state index >= 15 is 0 Å². The molecule has 2 saturated heterocycles. The Morgan fingerprint density at radius 2 is 1.93 bits per heavy atom. The molecule has 1 unspecified atom stereocenters. The van der Waals surface area contributed by atoms with Gasteiger partial charge < -0.3 is 9.80 Å². The maximum absolute atomic E-state index is 12.7. The smallest absolute Gasteiger partial charge is 0.242 e. The largest absolute Gasteiger partial charge is 0.341 e. The fourth-order valence-electron chi connectivity index (χ4n) is 4.07. The molecule has 0 bridgehead atoms. The minimum Gasteiger partial charge on any atom is -0.341 e. The van der Waals surface area contributed by atoms with E-state index in [1.165, 1.54) is 6.42 Å². The second-order valence-corrected chi connectivity index (χ2v) is 7.96. The van der Waals surface area contributed by atoms with Crippen LogP contribution in [-0.2, 0) is 22.7 Å². The van der Waals surface area contributed by atoms with Crippen LogP contribution in [0.2, 0.25) is 0 Å². The molecule has 0 spiro atoms. The molecule has 2 amide bonds. The van der Waals surface area contributed by atoms with E-state index in [1.807, 2.05) is 40.1 Å². The van der Waals surface area contributed by atoms with Crippen molar-refractivity contribution in [1.82, 2.24) is 24.6 Å². The molecule has 2 fully saturated rings. The Bertz CT molecular complexity index is 901. The molecule has 0 radical (unpaired) electrons. The Labute approximate surface area is 169 Å². The zero-order valence-electron chi connectivity index (χ0n) is 15.8. The molecule has 2 aliphatic rings. The van der Waals surface area contributed by atoms with Gasteiger partial charge in [-0.25, -0.2) is 0 Å². The summed E-state index contributed by atoms with van der Waals surface area (Å²) in [5.74, 6) is 0.832. The second kappa shape index (κ2) is 8.26. The van der Waals surface area contributed by atoms with Gasteiger partial charge in [0, 0.05) is 38.5 Å². The van der Waals surface area contributed by atoms with E-state index in [1.54, 1.807) is 4.57 Å². The summed E-state index contributed by atoms with van der Waals surface area (Å²) < 4.78 is 2.21. The quantitative estimate of drug-likeness (QED) is 0.784. The lowest BCUT2D eigenvalue weighted by Gasteiger charge is -2.27. The van der Waals surface area contributed by atoms with E-state index in [9.17, 15) is 9.59 Å². The molecular formula is C20H25N5O2S. The Hall–Kier alpha value is -2.48. The van der Waals surface area contributed by atoms with E-state index in [-0.39, 0.29) is 24.3 Å². The highest BCUT2D eigenvalue weighted by molar-refractivity contribution is 7.71. The molecule has 7 nitrogen and oxygen atoms in total. The van der Waals surface area contributed by atoms with Crippen molar-refractivity contribution in [1.29, 1.82) is 0 Å². The molecule has 1 atom stereocenters. The minimum atomic E-state index is -0.0571. The first-order chi connectivity index (χ1) is 13.6. The SMILES string of the molecule is O=C(Cn1c(C2CC(=O)N(Cc3ccccc3)C2)n[nH]c1=S)N1CCCCC1. The summed E-state index contributed by atoms with van der Waals surface area (Å²) in [7, 11) is 0. The van der Waals surface area contributed by atoms with Gasteiger partial charge in [0.25, 0.3) is 0 Å². The van der Waals surface area contributed by atoms with Crippen molar-refractivity contribution in [3.63, 3.8) is 0 Å². The van der Waals surface area contributed by atoms with Crippen molar-refractivity contribution in [3.8, 4) is 0 Å². The Balaban J connectivity index is 1.47. The van der Waals surface area contributed by atoms with Gasteiger partial charge in [0.2, 0.25) is 11.8 Å². The predicted octanol–water partition coefficient (Wildman–Crippen LogP) is 2.47. The van der Waals surface area contributed by atoms with Crippen LogP contribution in [0, 0.1) is 4.77 Å². The van der Waals surface area contributed by atoms with Crippen molar-refractivity contribution in [2.45, 2.75) is 44.7 Å². The summed E-state index contributed by atoms with van der Waals surface area (Å²) in [4.78, 5) is 29.0. The fourth-order valence-corrected chi connectivity index (χ4v) is 4.28. The average Bonchev–Trinajstić information content (AvgIpc) is 3.26. The summed E-state index contributed by atoms with van der Waals surface area (Å²) in [5, 5.41) is 7.19. The van der Waals surface area contributed by atoms with Crippen LogP contribution in [0.15, 0.2) is 30.3 Å². The summed E-state index contributed by atoms with van der Waals surface area (Å²) in [5.41, 5.74) is 1.11. The molecule has 1 aromatic carbocycles. The highest BCUT2D eigenvalue weighted by atomic mass is 32.1. The molecule has 2 aliphatic heterocycles. The van der Waals surface area contributed by atoms with Crippen molar-refractivity contribution in [2.75, 3.05) is 19.6 Å². The van der Waals surface area contributed by atoms with Gasteiger partial charge in [0.15, 0.2) is 4.77 Å². The Morgan fingerprint density at radius 1 is 1.18 bits per heavy atom. The summed E-state index contributed by atoms with van der Waals surface area (Å²) in [6.07, 6.45) is 3.69. The number of nitrogens with one attached hydrogen (secondary N) is 1. The van der Waals surface area contributed by atoms with Crippen molar-refractivity contribution in [2.24, 2.45) is 0 Å². The van der Waals surface area contributed by atoms with E-state index in [4.69, 9.17) is 12.2 Å². The van der Waals surface area contributed by atoms with E-state index in [2.05, 4.69) is 10.2 Å². The van der Waals surface area contributed by atoms with Crippen molar-refractivity contribution < 1.29 is 9.59 Å². The number of aromatic nitrogens is 3. The lowest BCUT2D eigenvalue weighted by molar-refractivity contribution is -0.132. The zero-order valence-corrected chi connectivity index (χ0v) is 16.7. The number of aromatic amines is 1. The first kappa shape index (κ1) is 18.9. The van der Waals surface area contributed by atoms with Crippen molar-refractivity contribution in [3.05, 3.63) is 46.5 Å². The first-order valence-electron chi connectivity index (χ1n) is 9.86. The number of carbonyl (C=O) groups excluding carboxylic acids is 2. The van der Waals surface area contributed by atoms with Gasteiger partial charge in [0.05, 0.1) is 0 Å². The number of carbonyl (C=O) groups is 2. The Kier molecular flexibility index (Phi) is 5.57. The van der Waals surface area contributed by atoms with Gasteiger partial charge in [-0.3, -0.25) is 19.3 Å². The van der Waals surface area contributed by atoms with Crippen LogP contribution in [0.1, 0.15) is 43.0 Å². The molecule has 0 saturated carbocycles. The van der Waals surface area contributed by atoms with Crippen LogP contribution in [-0.4, -0.2) is 56.0 Å². The molecule has 28 heavy (non-hydrogen) atoms. The van der Waals surface area contributed by atoms with Crippen LogP contribution in [0.25, 0.3) is 0 Å².